The van der Waals surface area contributed by atoms with Crippen LogP contribution in [0.1, 0.15) is 132 Å². The number of benzene rings is 13. The molecule has 17 aromatic rings. The van der Waals surface area contributed by atoms with Gasteiger partial charge >= 0.3 is 0 Å². The molecule has 0 atom stereocenters. The summed E-state index contributed by atoms with van der Waals surface area (Å²) in [7, 11) is 0. The number of rotatable bonds is 14. The Morgan fingerprint density at radius 3 is 1.20 bits per heavy atom. The van der Waals surface area contributed by atoms with Crippen molar-refractivity contribution in [2.75, 3.05) is 0 Å². The van der Waals surface area contributed by atoms with E-state index >= 15 is 0 Å². The van der Waals surface area contributed by atoms with Gasteiger partial charge < -0.3 is 14.1 Å². The Hall–Kier alpha value is -12.6. The summed E-state index contributed by atoms with van der Waals surface area (Å²) in [6.45, 7) is 43.2. The average molecular weight is 1710 g/mol. The SMILES string of the molecule is [C-]#[N+]c1cc(Oc2[c-]c3c(cc2)c2cc(-c4cc(-c5cc(C(C)(C)C)cc(C(C)(C)C)c5)cc(-c5cc(C(C)(C)C)cc(C(C)(C)C)c5)c4)ccc2n3-c2cc(C(C)(C)C)ccn2)[c-]c(-n2[c-][n+](-c3c(-c4cc(-c5ccccc5)cc(-c5ccccc5)c4)cccc3-c3cc(-c4ccccc4)cc(-c4ccccc4)c3)c3ccccc32)n1.[Pt]. The first-order chi connectivity index (χ1) is 56.0. The van der Waals surface area contributed by atoms with Crippen molar-refractivity contribution in [1.82, 2.24) is 19.1 Å². The summed E-state index contributed by atoms with van der Waals surface area (Å²) in [5.74, 6) is 1.93. The van der Waals surface area contributed by atoms with E-state index in [-0.39, 0.29) is 59.7 Å². The number of para-hydroxylation sites is 3. The molecule has 0 fully saturated rings. The Bertz CT molecular complexity index is 6310. The largest absolute Gasteiger partial charge is 0.523 e. The van der Waals surface area contributed by atoms with Crippen molar-refractivity contribution in [1.29, 1.82) is 0 Å². The van der Waals surface area contributed by atoms with Crippen LogP contribution in [-0.2, 0) is 48.1 Å². The van der Waals surface area contributed by atoms with Crippen LogP contribution in [-0.4, -0.2) is 19.1 Å². The van der Waals surface area contributed by atoms with E-state index in [1.54, 1.807) is 6.07 Å². The van der Waals surface area contributed by atoms with Crippen molar-refractivity contribution >= 4 is 38.7 Å². The van der Waals surface area contributed by atoms with Gasteiger partial charge in [0.2, 0.25) is 0 Å². The van der Waals surface area contributed by atoms with Crippen molar-refractivity contribution < 1.29 is 30.4 Å². The normalized spacial score (nSPS) is 12.1. The number of pyridine rings is 2. The number of aromatic nitrogens is 5. The van der Waals surface area contributed by atoms with Crippen LogP contribution in [0.2, 0.25) is 0 Å². The molecule has 4 aromatic heterocycles. The van der Waals surface area contributed by atoms with Crippen LogP contribution in [0, 0.1) is 25.0 Å². The number of ether oxygens (including phenoxy) is 1. The fourth-order valence-corrected chi connectivity index (χ4v) is 16.0. The predicted molar refractivity (Wildman–Crippen MR) is 486 cm³/mol. The van der Waals surface area contributed by atoms with Crippen LogP contribution < -0.4 is 9.30 Å². The number of imidazole rings is 1. The molecule has 0 unspecified atom stereocenters. The molecule has 0 amide bonds. The van der Waals surface area contributed by atoms with E-state index in [0.717, 1.165) is 139 Å². The van der Waals surface area contributed by atoms with E-state index in [4.69, 9.17) is 21.3 Å². The minimum absolute atomic E-state index is 0. The van der Waals surface area contributed by atoms with Gasteiger partial charge in [-0.05, 0) is 233 Å². The number of hydrogen-bond acceptors (Lipinski definition) is 3. The topological polar surface area (TPSA) is 53.1 Å². The summed E-state index contributed by atoms with van der Waals surface area (Å²) in [4.78, 5) is 14.2. The van der Waals surface area contributed by atoms with E-state index in [2.05, 4.69) is 421 Å². The smallest absolute Gasteiger partial charge is 0.271 e. The summed E-state index contributed by atoms with van der Waals surface area (Å²) in [5.41, 5.74) is 29.9. The molecular formula is C110H96N6OPt-2. The Morgan fingerprint density at radius 1 is 0.339 bits per heavy atom. The molecule has 0 bridgehead atoms. The second kappa shape index (κ2) is 31.1. The second-order valence-corrected chi connectivity index (χ2v) is 36.4. The predicted octanol–water partition coefficient (Wildman–Crippen LogP) is 29.0. The zero-order valence-electron chi connectivity index (χ0n) is 69.9. The Morgan fingerprint density at radius 2 is 0.754 bits per heavy atom. The fraction of sp³-hybridized carbons (Fsp3) is 0.182. The first kappa shape index (κ1) is 79.3. The summed E-state index contributed by atoms with van der Waals surface area (Å²) >= 11 is 0. The third-order valence-electron chi connectivity index (χ3n) is 22.8. The summed E-state index contributed by atoms with van der Waals surface area (Å²) < 4.78 is 13.4. The molecule has 0 spiro atoms. The van der Waals surface area contributed by atoms with Gasteiger partial charge in [0, 0.05) is 38.5 Å². The molecule has 0 aliphatic rings. The second-order valence-electron chi connectivity index (χ2n) is 36.4. The third-order valence-corrected chi connectivity index (χ3v) is 22.8. The van der Waals surface area contributed by atoms with Gasteiger partial charge in [-0.1, -0.05) is 334 Å². The molecule has 7 nitrogen and oxygen atoms in total. The van der Waals surface area contributed by atoms with E-state index in [1.807, 2.05) is 22.9 Å². The van der Waals surface area contributed by atoms with E-state index in [0.29, 0.717) is 11.6 Å². The van der Waals surface area contributed by atoms with Crippen LogP contribution in [0.25, 0.3) is 155 Å². The Balaban J connectivity index is 0.0000104. The van der Waals surface area contributed by atoms with Gasteiger partial charge in [-0.3, -0.25) is 9.13 Å². The Labute approximate surface area is 710 Å². The summed E-state index contributed by atoms with van der Waals surface area (Å²) in [5, 5.41) is 2.01. The van der Waals surface area contributed by atoms with Gasteiger partial charge in [0.25, 0.3) is 6.33 Å². The minimum atomic E-state index is -0.171. The van der Waals surface area contributed by atoms with Crippen molar-refractivity contribution in [3.05, 3.63) is 367 Å². The van der Waals surface area contributed by atoms with Crippen molar-refractivity contribution in [3.8, 4) is 129 Å². The molecule has 0 saturated heterocycles. The van der Waals surface area contributed by atoms with Crippen molar-refractivity contribution in [2.45, 2.75) is 131 Å². The Kier molecular flexibility index (Phi) is 20.9. The zero-order chi connectivity index (χ0) is 81.5. The van der Waals surface area contributed by atoms with Crippen LogP contribution in [0.4, 0.5) is 5.82 Å². The average Bonchev–Trinajstić information content (AvgIpc) is 1.61. The molecule has 0 N–H and O–H groups in total. The molecular weight excluding hydrogens is 1620 g/mol. The quantitative estimate of drug-likeness (QED) is 0.0805. The van der Waals surface area contributed by atoms with E-state index in [9.17, 15) is 0 Å². The van der Waals surface area contributed by atoms with Crippen molar-refractivity contribution in [2.24, 2.45) is 0 Å². The summed E-state index contributed by atoms with van der Waals surface area (Å²) in [6.07, 6.45) is 5.79. The molecule has 0 radical (unpaired) electrons. The molecule has 584 valence electrons. The van der Waals surface area contributed by atoms with Crippen LogP contribution in [0.3, 0.4) is 0 Å². The molecule has 0 saturated carbocycles. The number of fused-ring (bicyclic) bond motifs is 4. The molecule has 8 heteroatoms. The van der Waals surface area contributed by atoms with Gasteiger partial charge in [0.05, 0.1) is 16.7 Å². The first-order valence-electron chi connectivity index (χ1n) is 40.6. The minimum Gasteiger partial charge on any atom is -0.523 e. The van der Waals surface area contributed by atoms with Gasteiger partial charge in [0.15, 0.2) is 11.6 Å². The van der Waals surface area contributed by atoms with Crippen LogP contribution in [0.5, 0.6) is 11.5 Å². The van der Waals surface area contributed by atoms with Crippen LogP contribution in [0.15, 0.2) is 310 Å². The maximum Gasteiger partial charge on any atom is 0.271 e. The molecule has 0 aliphatic carbocycles. The first-order valence-corrected chi connectivity index (χ1v) is 40.6. The number of hydrogen-bond donors (Lipinski definition) is 0. The van der Waals surface area contributed by atoms with Crippen molar-refractivity contribution in [3.63, 3.8) is 0 Å². The summed E-state index contributed by atoms with van der Waals surface area (Å²) in [6, 6.07) is 117. The van der Waals surface area contributed by atoms with Gasteiger partial charge in [-0.2, -0.15) is 17.1 Å². The molecule has 118 heavy (non-hydrogen) atoms. The van der Waals surface area contributed by atoms with E-state index in [1.165, 1.54) is 33.4 Å². The monoisotopic (exact) mass is 1710 g/mol. The van der Waals surface area contributed by atoms with Gasteiger partial charge in [-0.25, -0.2) is 4.98 Å². The van der Waals surface area contributed by atoms with Gasteiger partial charge in [-0.15, -0.1) is 23.6 Å². The number of nitrogens with zero attached hydrogens (tertiary/aromatic N) is 6. The van der Waals surface area contributed by atoms with E-state index < -0.39 is 0 Å². The fourth-order valence-electron chi connectivity index (χ4n) is 16.0. The molecule has 17 rings (SSSR count). The van der Waals surface area contributed by atoms with Gasteiger partial charge in [0.1, 0.15) is 5.82 Å². The van der Waals surface area contributed by atoms with Crippen LogP contribution >= 0.6 is 0 Å². The zero-order valence-corrected chi connectivity index (χ0v) is 72.1. The maximum absolute atomic E-state index is 8.66. The molecule has 4 heterocycles. The standard InChI is InChI=1S/C110H96N6O.Pt/c1-106(2,3)87-48-49-112-103(66-87)116-98-47-44-75(80-52-81(83-59-88(107(4,5)6)64-89(60-83)108(7,8)9)54-82(53-80)84-61-90(109(10,11)12)65-91(62-84)110(13,14)15)63-97(98)96-46-45-92(67-101(96)116)117-93-68-102(111-16)113-104(69-93)114-70-115(100-43-30-29-42-99(100)114)105-94(85-55-76(71-32-21-17-22-33-71)50-77(56-85)72-34-23-18-24-35-72)40-31-41-95(105)86-57-78(73-36-25-19-26-37-73)51-79(58-86)74-38-27-20-28-39-74;/h17-66,68H,1-15H3;/q-2;. The molecule has 13 aromatic carbocycles. The maximum atomic E-state index is 8.66. The third kappa shape index (κ3) is 16.0. The molecule has 0 aliphatic heterocycles.